The second-order valence-corrected chi connectivity index (χ2v) is 3.96. The largest absolute Gasteiger partial charge is 0.496 e. The number of ether oxygens (including phenoxy) is 1. The van der Waals surface area contributed by atoms with Crippen LogP contribution in [0, 0.1) is 0 Å². The van der Waals surface area contributed by atoms with E-state index in [4.69, 9.17) is 14.9 Å². The van der Waals surface area contributed by atoms with Crippen LogP contribution in [0.15, 0.2) is 28.7 Å². The summed E-state index contributed by atoms with van der Waals surface area (Å²) >= 11 is 3.19. The molecule has 90 valence electrons. The Morgan fingerprint density at radius 1 is 1.35 bits per heavy atom. The summed E-state index contributed by atoms with van der Waals surface area (Å²) in [5, 5.41) is 17.6. The van der Waals surface area contributed by atoms with Crippen LogP contribution in [0.3, 0.4) is 0 Å². The highest BCUT2D eigenvalue weighted by Gasteiger charge is 2.17. The van der Waals surface area contributed by atoms with E-state index in [0.717, 1.165) is 0 Å². The Bertz CT molecular complexity index is 493. The van der Waals surface area contributed by atoms with Gasteiger partial charge in [-0.1, -0.05) is 15.9 Å². The lowest BCUT2D eigenvalue weighted by atomic mass is 10.0. The molecule has 0 saturated carbocycles. The van der Waals surface area contributed by atoms with Gasteiger partial charge < -0.3 is 14.9 Å². The first-order valence-corrected chi connectivity index (χ1v) is 5.27. The molecule has 0 heterocycles. The summed E-state index contributed by atoms with van der Waals surface area (Å²) in [5.74, 6) is -2.36. The predicted molar refractivity (Wildman–Crippen MR) is 63.9 cm³/mol. The average Bonchev–Trinajstić information content (AvgIpc) is 2.25. The molecule has 17 heavy (non-hydrogen) atoms. The second kappa shape index (κ2) is 5.49. The molecule has 0 fully saturated rings. The van der Waals surface area contributed by atoms with E-state index in [1.807, 2.05) is 0 Å². The minimum absolute atomic E-state index is 0.205. The molecule has 1 aromatic rings. The minimum atomic E-state index is -1.33. The molecule has 0 atom stereocenters. The summed E-state index contributed by atoms with van der Waals surface area (Å²) in [7, 11) is 1.38. The Labute approximate surface area is 105 Å². The van der Waals surface area contributed by atoms with Crippen molar-refractivity contribution in [3.8, 4) is 5.75 Å². The van der Waals surface area contributed by atoms with E-state index in [-0.39, 0.29) is 11.1 Å². The molecule has 0 aromatic heterocycles. The quantitative estimate of drug-likeness (QED) is 0.831. The zero-order valence-electron chi connectivity index (χ0n) is 8.81. The molecule has 0 aliphatic rings. The van der Waals surface area contributed by atoms with Crippen LogP contribution in [0.2, 0.25) is 0 Å². The third kappa shape index (κ3) is 3.32. The number of carbonyl (C=O) groups is 2. The number of hydrogen-bond donors (Lipinski definition) is 2. The van der Waals surface area contributed by atoms with Crippen molar-refractivity contribution in [1.82, 2.24) is 0 Å². The van der Waals surface area contributed by atoms with Crippen molar-refractivity contribution in [1.29, 1.82) is 0 Å². The fourth-order valence-electron chi connectivity index (χ4n) is 1.27. The van der Waals surface area contributed by atoms with Crippen molar-refractivity contribution in [2.45, 2.75) is 0 Å². The number of hydrogen-bond acceptors (Lipinski definition) is 3. The van der Waals surface area contributed by atoms with Crippen LogP contribution in [0.1, 0.15) is 5.56 Å². The predicted octanol–water partition coefficient (Wildman–Crippen LogP) is 2.01. The number of carboxylic acid groups (broad SMARTS) is 2. The Morgan fingerprint density at radius 2 is 2.00 bits per heavy atom. The molecule has 0 radical (unpaired) electrons. The summed E-state index contributed by atoms with van der Waals surface area (Å²) in [6.07, 6.45) is 0.632. The van der Waals surface area contributed by atoms with E-state index in [9.17, 15) is 9.59 Å². The molecule has 0 amide bonds. The lowest BCUT2D eigenvalue weighted by Gasteiger charge is -2.09. The fraction of sp³-hybridized carbons (Fsp3) is 0.0909. The van der Waals surface area contributed by atoms with Crippen molar-refractivity contribution in [3.63, 3.8) is 0 Å². The highest BCUT2D eigenvalue weighted by molar-refractivity contribution is 9.10. The van der Waals surface area contributed by atoms with E-state index in [1.54, 1.807) is 12.1 Å². The number of halogens is 1. The topological polar surface area (TPSA) is 83.8 Å². The molecule has 0 aliphatic heterocycles. The third-order valence-electron chi connectivity index (χ3n) is 1.95. The lowest BCUT2D eigenvalue weighted by molar-refractivity contribution is -0.133. The maximum absolute atomic E-state index is 11.0. The van der Waals surface area contributed by atoms with Gasteiger partial charge in [0, 0.05) is 16.1 Å². The summed E-state index contributed by atoms with van der Waals surface area (Å²) in [6.45, 7) is 0. The van der Waals surface area contributed by atoms with Crippen molar-refractivity contribution in [2.24, 2.45) is 0 Å². The van der Waals surface area contributed by atoms with Crippen molar-refractivity contribution >= 4 is 33.4 Å². The van der Waals surface area contributed by atoms with Crippen molar-refractivity contribution < 1.29 is 24.5 Å². The lowest BCUT2D eigenvalue weighted by Crippen LogP contribution is -2.04. The molecule has 5 nitrogen and oxygen atoms in total. The summed E-state index contributed by atoms with van der Waals surface area (Å²) in [4.78, 5) is 21.6. The van der Waals surface area contributed by atoms with E-state index in [1.165, 1.54) is 13.2 Å². The second-order valence-electron chi connectivity index (χ2n) is 3.05. The Hall–Kier alpha value is -1.82. The molecule has 1 aromatic carbocycles. The molecule has 1 rings (SSSR count). The van der Waals surface area contributed by atoms with Gasteiger partial charge in [-0.3, -0.25) is 0 Å². The van der Waals surface area contributed by atoms with Crippen LogP contribution in [-0.2, 0) is 9.59 Å². The van der Waals surface area contributed by atoms with Crippen LogP contribution in [0.5, 0.6) is 5.75 Å². The van der Waals surface area contributed by atoms with Crippen LogP contribution in [0.25, 0.3) is 5.57 Å². The average molecular weight is 301 g/mol. The molecule has 0 bridgehead atoms. The highest BCUT2D eigenvalue weighted by atomic mass is 79.9. The summed E-state index contributed by atoms with van der Waals surface area (Å²) in [5.41, 5.74) is -0.132. The Kier molecular flexibility index (Phi) is 4.28. The van der Waals surface area contributed by atoms with Crippen LogP contribution < -0.4 is 4.74 Å². The molecule has 6 heteroatoms. The van der Waals surface area contributed by atoms with Gasteiger partial charge in [-0.25, -0.2) is 9.59 Å². The summed E-state index contributed by atoms with van der Waals surface area (Å²) in [6, 6.07) is 4.71. The zero-order chi connectivity index (χ0) is 13.0. The van der Waals surface area contributed by atoms with Gasteiger partial charge >= 0.3 is 11.9 Å². The number of aliphatic carboxylic acids is 2. The number of benzene rings is 1. The van der Waals surface area contributed by atoms with Gasteiger partial charge in [0.2, 0.25) is 0 Å². The number of carboxylic acids is 2. The Morgan fingerprint density at radius 3 is 2.47 bits per heavy atom. The third-order valence-corrected chi connectivity index (χ3v) is 2.44. The van der Waals surface area contributed by atoms with Crippen LogP contribution in [0.4, 0.5) is 0 Å². The molecule has 0 aliphatic carbocycles. The van der Waals surface area contributed by atoms with Gasteiger partial charge in [0.1, 0.15) is 5.75 Å². The highest BCUT2D eigenvalue weighted by Crippen LogP contribution is 2.29. The minimum Gasteiger partial charge on any atom is -0.496 e. The SMILES string of the molecule is COc1ccc(Br)cc1/C(=C/C(=O)O)C(=O)O. The van der Waals surface area contributed by atoms with Crippen molar-refractivity contribution in [3.05, 3.63) is 34.3 Å². The maximum atomic E-state index is 11.0. The van der Waals surface area contributed by atoms with E-state index >= 15 is 0 Å². The number of methoxy groups -OCH3 is 1. The smallest absolute Gasteiger partial charge is 0.336 e. The van der Waals surface area contributed by atoms with Crippen LogP contribution in [-0.4, -0.2) is 29.3 Å². The van der Waals surface area contributed by atoms with Crippen molar-refractivity contribution in [2.75, 3.05) is 7.11 Å². The first-order chi connectivity index (χ1) is 7.95. The standard InChI is InChI=1S/C11H9BrO5/c1-17-9-3-2-6(12)4-7(9)8(11(15)16)5-10(13)14/h2-5H,1H3,(H,13,14)(H,15,16)/b8-5-. The molecular formula is C11H9BrO5. The normalized spacial score (nSPS) is 11.1. The monoisotopic (exact) mass is 300 g/mol. The molecular weight excluding hydrogens is 292 g/mol. The molecule has 0 spiro atoms. The fourth-order valence-corrected chi connectivity index (χ4v) is 1.63. The Balaban J connectivity index is 3.42. The van der Waals surface area contributed by atoms with E-state index < -0.39 is 11.9 Å². The maximum Gasteiger partial charge on any atom is 0.336 e. The van der Waals surface area contributed by atoms with Crippen LogP contribution >= 0.6 is 15.9 Å². The molecule has 2 N–H and O–H groups in total. The first-order valence-electron chi connectivity index (χ1n) is 4.47. The van der Waals surface area contributed by atoms with Gasteiger partial charge in [0.25, 0.3) is 0 Å². The van der Waals surface area contributed by atoms with E-state index in [0.29, 0.717) is 16.3 Å². The van der Waals surface area contributed by atoms with Gasteiger partial charge in [-0.15, -0.1) is 0 Å². The molecule has 0 unspecified atom stereocenters. The number of rotatable bonds is 4. The summed E-state index contributed by atoms with van der Waals surface area (Å²) < 4.78 is 5.63. The van der Waals surface area contributed by atoms with Gasteiger partial charge in [-0.05, 0) is 18.2 Å². The zero-order valence-corrected chi connectivity index (χ0v) is 10.4. The van der Waals surface area contributed by atoms with Gasteiger partial charge in [-0.2, -0.15) is 0 Å². The van der Waals surface area contributed by atoms with Gasteiger partial charge in [0.05, 0.1) is 12.7 Å². The van der Waals surface area contributed by atoms with Gasteiger partial charge in [0.15, 0.2) is 0 Å². The van der Waals surface area contributed by atoms with E-state index in [2.05, 4.69) is 15.9 Å². The first kappa shape index (κ1) is 13.2. The molecule has 0 saturated heterocycles.